The number of ether oxygens (including phenoxy) is 1. The van der Waals surface area contributed by atoms with Crippen LogP contribution in [0.15, 0.2) is 0 Å². The summed E-state index contributed by atoms with van der Waals surface area (Å²) in [4.78, 5) is 0. The van der Waals surface area contributed by atoms with E-state index in [9.17, 15) is 8.42 Å². The zero-order valence-electron chi connectivity index (χ0n) is 11.3. The summed E-state index contributed by atoms with van der Waals surface area (Å²) in [5, 5.41) is 0. The van der Waals surface area contributed by atoms with Crippen LogP contribution in [0.25, 0.3) is 0 Å². The van der Waals surface area contributed by atoms with Crippen molar-refractivity contribution in [2.75, 3.05) is 25.4 Å². The molecule has 2 aliphatic heterocycles. The van der Waals surface area contributed by atoms with Gasteiger partial charge in [-0.25, -0.2) is 8.42 Å². The summed E-state index contributed by atoms with van der Waals surface area (Å²) in [5.74, 6) is 0.128. The van der Waals surface area contributed by atoms with E-state index < -0.39 is 10.0 Å². The number of halogens is 1. The van der Waals surface area contributed by atoms with Crippen molar-refractivity contribution in [3.05, 3.63) is 0 Å². The minimum absolute atomic E-state index is 0. The molecule has 0 aromatic carbocycles. The molecule has 19 heavy (non-hydrogen) atoms. The maximum absolute atomic E-state index is 12.4. The van der Waals surface area contributed by atoms with Gasteiger partial charge in [-0.15, -0.1) is 12.4 Å². The van der Waals surface area contributed by atoms with Crippen molar-refractivity contribution in [2.45, 2.75) is 50.7 Å². The van der Waals surface area contributed by atoms with Crippen LogP contribution in [-0.4, -0.2) is 50.3 Å². The number of sulfonamides is 1. The van der Waals surface area contributed by atoms with E-state index in [4.69, 9.17) is 10.5 Å². The molecule has 0 amide bonds. The van der Waals surface area contributed by atoms with Gasteiger partial charge >= 0.3 is 0 Å². The molecule has 0 spiro atoms. The Morgan fingerprint density at radius 3 is 2.53 bits per heavy atom. The number of hydrogen-bond acceptors (Lipinski definition) is 4. The van der Waals surface area contributed by atoms with Crippen LogP contribution in [0, 0.1) is 0 Å². The van der Waals surface area contributed by atoms with E-state index in [2.05, 4.69) is 0 Å². The van der Waals surface area contributed by atoms with E-state index in [1.54, 1.807) is 4.31 Å². The second kappa shape index (κ2) is 7.78. The van der Waals surface area contributed by atoms with Crippen LogP contribution < -0.4 is 5.73 Å². The summed E-state index contributed by atoms with van der Waals surface area (Å²) in [6.07, 6.45) is 5.77. The smallest absolute Gasteiger partial charge is 0.216 e. The molecular weight excluding hydrogens is 288 g/mol. The first-order chi connectivity index (χ1) is 8.63. The number of hydrogen-bond donors (Lipinski definition) is 1. The third-order valence-corrected chi connectivity index (χ3v) is 5.86. The molecule has 0 radical (unpaired) electrons. The van der Waals surface area contributed by atoms with E-state index in [1.807, 2.05) is 0 Å². The molecule has 114 valence electrons. The Kier molecular flexibility index (Phi) is 7.04. The van der Waals surface area contributed by atoms with Crippen LogP contribution in [0.5, 0.6) is 0 Å². The Morgan fingerprint density at radius 2 is 1.89 bits per heavy atom. The lowest BCUT2D eigenvalue weighted by Gasteiger charge is -2.35. The molecular formula is C12H25ClN2O3S. The summed E-state index contributed by atoms with van der Waals surface area (Å²) in [5.41, 5.74) is 5.69. The van der Waals surface area contributed by atoms with Crippen molar-refractivity contribution in [2.24, 2.45) is 5.73 Å². The topological polar surface area (TPSA) is 72.6 Å². The lowest BCUT2D eigenvalue weighted by Crippen LogP contribution is -2.49. The largest absolute Gasteiger partial charge is 0.377 e. The molecule has 0 aromatic heterocycles. The molecule has 2 rings (SSSR count). The second-order valence-corrected chi connectivity index (χ2v) is 7.23. The normalized spacial score (nSPS) is 29.7. The van der Waals surface area contributed by atoms with Crippen molar-refractivity contribution in [1.29, 1.82) is 0 Å². The highest BCUT2D eigenvalue weighted by Gasteiger charge is 2.33. The number of piperidine rings is 1. The lowest BCUT2D eigenvalue weighted by atomic mass is 10.1. The summed E-state index contributed by atoms with van der Waals surface area (Å²) in [6, 6.07) is -0.00709. The van der Waals surface area contributed by atoms with Gasteiger partial charge in [0, 0.05) is 25.7 Å². The molecule has 2 unspecified atom stereocenters. The molecule has 7 heteroatoms. The molecule has 2 N–H and O–H groups in total. The maximum Gasteiger partial charge on any atom is 0.216 e. The van der Waals surface area contributed by atoms with E-state index >= 15 is 0 Å². The summed E-state index contributed by atoms with van der Waals surface area (Å²) < 4.78 is 32.0. The fraction of sp³-hybridized carbons (Fsp3) is 1.00. The third kappa shape index (κ3) is 4.56. The number of nitrogens with zero attached hydrogens (tertiary/aromatic N) is 1. The van der Waals surface area contributed by atoms with Crippen LogP contribution >= 0.6 is 12.4 Å². The van der Waals surface area contributed by atoms with Crippen molar-refractivity contribution in [1.82, 2.24) is 4.31 Å². The SMILES string of the molecule is Cl.NCC1CCCCN1S(=O)(=O)CC1CCCCO1. The molecule has 0 saturated carbocycles. The molecule has 2 fully saturated rings. The minimum atomic E-state index is -3.22. The summed E-state index contributed by atoms with van der Waals surface area (Å²) in [7, 11) is -3.22. The quantitative estimate of drug-likeness (QED) is 0.844. The zero-order valence-corrected chi connectivity index (χ0v) is 12.9. The van der Waals surface area contributed by atoms with Crippen molar-refractivity contribution in [3.8, 4) is 0 Å². The highest BCUT2D eigenvalue weighted by atomic mass is 35.5. The fourth-order valence-electron chi connectivity index (χ4n) is 2.85. The molecule has 5 nitrogen and oxygen atoms in total. The van der Waals surface area contributed by atoms with Crippen molar-refractivity contribution >= 4 is 22.4 Å². The predicted molar refractivity (Wildman–Crippen MR) is 78.0 cm³/mol. The third-order valence-electron chi connectivity index (χ3n) is 3.87. The van der Waals surface area contributed by atoms with Gasteiger partial charge in [0.1, 0.15) is 0 Å². The van der Waals surface area contributed by atoms with Crippen LogP contribution in [0.3, 0.4) is 0 Å². The van der Waals surface area contributed by atoms with Gasteiger partial charge in [0.15, 0.2) is 0 Å². The second-order valence-electron chi connectivity index (χ2n) is 5.26. The zero-order chi connectivity index (χ0) is 13.0. The minimum Gasteiger partial charge on any atom is -0.377 e. The van der Waals surface area contributed by atoms with Gasteiger partial charge in [-0.2, -0.15) is 4.31 Å². The van der Waals surface area contributed by atoms with Gasteiger partial charge in [-0.05, 0) is 32.1 Å². The van der Waals surface area contributed by atoms with Gasteiger partial charge in [0.25, 0.3) is 0 Å². The molecule has 2 aliphatic rings. The maximum atomic E-state index is 12.4. The van der Waals surface area contributed by atoms with E-state index in [1.165, 1.54) is 0 Å². The number of rotatable bonds is 4. The molecule has 2 saturated heterocycles. The number of nitrogens with two attached hydrogens (primary N) is 1. The Labute approximate surface area is 122 Å². The standard InChI is InChI=1S/C12H24N2O3S.ClH/c13-9-11-5-1-3-7-14(11)18(15,16)10-12-6-2-4-8-17-12;/h11-12H,1-10,13H2;1H. The van der Waals surface area contributed by atoms with E-state index in [0.717, 1.165) is 38.5 Å². The molecule has 0 aliphatic carbocycles. The van der Waals surface area contributed by atoms with Crippen molar-refractivity contribution in [3.63, 3.8) is 0 Å². The van der Waals surface area contributed by atoms with E-state index in [-0.39, 0.29) is 30.3 Å². The van der Waals surface area contributed by atoms with Gasteiger partial charge in [0.05, 0.1) is 11.9 Å². The van der Waals surface area contributed by atoms with Crippen LogP contribution in [-0.2, 0) is 14.8 Å². The Balaban J connectivity index is 0.00000180. The monoisotopic (exact) mass is 312 g/mol. The highest BCUT2D eigenvalue weighted by molar-refractivity contribution is 7.89. The van der Waals surface area contributed by atoms with Gasteiger partial charge in [-0.1, -0.05) is 6.42 Å². The highest BCUT2D eigenvalue weighted by Crippen LogP contribution is 2.22. The van der Waals surface area contributed by atoms with E-state index in [0.29, 0.717) is 19.7 Å². The van der Waals surface area contributed by atoms with Crippen LogP contribution in [0.1, 0.15) is 38.5 Å². The van der Waals surface area contributed by atoms with Gasteiger partial charge in [-0.3, -0.25) is 0 Å². The Bertz CT molecular complexity index is 358. The molecule has 2 atom stereocenters. The Hall–Kier alpha value is 0.120. The summed E-state index contributed by atoms with van der Waals surface area (Å²) in [6.45, 7) is 1.74. The van der Waals surface area contributed by atoms with Gasteiger partial charge < -0.3 is 10.5 Å². The van der Waals surface area contributed by atoms with Crippen LogP contribution in [0.4, 0.5) is 0 Å². The van der Waals surface area contributed by atoms with Crippen LogP contribution in [0.2, 0.25) is 0 Å². The first kappa shape index (κ1) is 17.2. The molecule has 2 heterocycles. The first-order valence-corrected chi connectivity index (χ1v) is 8.55. The summed E-state index contributed by atoms with van der Waals surface area (Å²) >= 11 is 0. The molecule has 0 bridgehead atoms. The first-order valence-electron chi connectivity index (χ1n) is 6.94. The van der Waals surface area contributed by atoms with Crippen molar-refractivity contribution < 1.29 is 13.2 Å². The lowest BCUT2D eigenvalue weighted by molar-refractivity contribution is 0.0295. The predicted octanol–water partition coefficient (Wildman–Crippen LogP) is 1.12. The average molecular weight is 313 g/mol. The fourth-order valence-corrected chi connectivity index (χ4v) is 4.82. The van der Waals surface area contributed by atoms with Gasteiger partial charge in [0.2, 0.25) is 10.0 Å². The Morgan fingerprint density at radius 1 is 1.16 bits per heavy atom. The average Bonchev–Trinajstić information content (AvgIpc) is 2.39. The molecule has 0 aromatic rings.